The van der Waals surface area contributed by atoms with Crippen LogP contribution in [-0.4, -0.2) is 16.1 Å². The van der Waals surface area contributed by atoms with Crippen LogP contribution in [0.2, 0.25) is 0 Å². The largest absolute Gasteiger partial charge is 0.477 e. The standard InChI is InChI=1S/C12H8F2N2O2/c13-9-2-1-7(5-10(9)14)16-8-3-4-15-11(6-8)12(17)18/h1-6H,(H,15,16)(H,17,18). The van der Waals surface area contributed by atoms with Crippen LogP contribution in [0.5, 0.6) is 0 Å². The number of aromatic carboxylic acids is 1. The summed E-state index contributed by atoms with van der Waals surface area (Å²) in [5, 5.41) is 11.5. The highest BCUT2D eigenvalue weighted by Gasteiger charge is 2.06. The van der Waals surface area contributed by atoms with Gasteiger partial charge in [0.05, 0.1) is 0 Å². The molecular weight excluding hydrogens is 242 g/mol. The average Bonchev–Trinajstić information content (AvgIpc) is 2.34. The van der Waals surface area contributed by atoms with Crippen LogP contribution in [0.15, 0.2) is 36.5 Å². The zero-order chi connectivity index (χ0) is 13.1. The Morgan fingerprint density at radius 2 is 1.83 bits per heavy atom. The predicted octanol–water partition coefficient (Wildman–Crippen LogP) is 2.80. The Labute approximate surface area is 101 Å². The van der Waals surface area contributed by atoms with Gasteiger partial charge in [0.1, 0.15) is 5.69 Å². The Bertz CT molecular complexity index is 602. The third kappa shape index (κ3) is 2.60. The molecule has 1 aromatic heterocycles. The van der Waals surface area contributed by atoms with Gasteiger partial charge >= 0.3 is 5.97 Å². The number of hydrogen-bond donors (Lipinski definition) is 2. The third-order valence-corrected chi connectivity index (χ3v) is 2.19. The van der Waals surface area contributed by atoms with Crippen LogP contribution < -0.4 is 5.32 Å². The summed E-state index contributed by atoms with van der Waals surface area (Å²) in [5.41, 5.74) is 0.604. The lowest BCUT2D eigenvalue weighted by Gasteiger charge is -2.07. The Kier molecular flexibility index (Phi) is 3.18. The number of pyridine rings is 1. The van der Waals surface area contributed by atoms with E-state index >= 15 is 0 Å². The van der Waals surface area contributed by atoms with Crippen molar-refractivity contribution in [2.75, 3.05) is 5.32 Å². The van der Waals surface area contributed by atoms with E-state index in [1.165, 1.54) is 24.4 Å². The first-order valence-corrected chi connectivity index (χ1v) is 4.97. The fourth-order valence-electron chi connectivity index (χ4n) is 1.37. The molecule has 92 valence electrons. The normalized spacial score (nSPS) is 10.1. The molecule has 2 aromatic rings. The van der Waals surface area contributed by atoms with Crippen molar-refractivity contribution in [1.29, 1.82) is 0 Å². The number of halogens is 2. The molecule has 0 radical (unpaired) electrons. The molecule has 0 fully saturated rings. The van der Waals surface area contributed by atoms with Crippen molar-refractivity contribution >= 4 is 17.3 Å². The Morgan fingerprint density at radius 3 is 2.50 bits per heavy atom. The monoisotopic (exact) mass is 250 g/mol. The first-order valence-electron chi connectivity index (χ1n) is 4.97. The molecule has 0 saturated carbocycles. The minimum atomic E-state index is -1.16. The molecule has 0 bridgehead atoms. The Balaban J connectivity index is 2.25. The van der Waals surface area contributed by atoms with Gasteiger partial charge in [0, 0.05) is 23.6 Å². The molecule has 0 saturated heterocycles. The molecular formula is C12H8F2N2O2. The van der Waals surface area contributed by atoms with Crippen molar-refractivity contribution < 1.29 is 18.7 Å². The van der Waals surface area contributed by atoms with E-state index in [0.29, 0.717) is 11.4 Å². The highest BCUT2D eigenvalue weighted by Crippen LogP contribution is 2.19. The number of anilines is 2. The molecule has 0 spiro atoms. The summed E-state index contributed by atoms with van der Waals surface area (Å²) in [7, 11) is 0. The van der Waals surface area contributed by atoms with E-state index in [4.69, 9.17) is 5.11 Å². The summed E-state index contributed by atoms with van der Waals surface area (Å²) in [5.74, 6) is -3.09. The summed E-state index contributed by atoms with van der Waals surface area (Å²) in [6, 6.07) is 6.13. The van der Waals surface area contributed by atoms with Gasteiger partial charge < -0.3 is 10.4 Å². The fourth-order valence-corrected chi connectivity index (χ4v) is 1.37. The Morgan fingerprint density at radius 1 is 1.11 bits per heavy atom. The van der Waals surface area contributed by atoms with Crippen molar-refractivity contribution in [2.24, 2.45) is 0 Å². The molecule has 0 aliphatic rings. The molecule has 2 N–H and O–H groups in total. The van der Waals surface area contributed by atoms with Crippen LogP contribution in [0.3, 0.4) is 0 Å². The molecule has 0 aliphatic carbocycles. The number of carboxylic acids is 1. The second-order valence-electron chi connectivity index (χ2n) is 3.49. The minimum absolute atomic E-state index is 0.136. The maximum atomic E-state index is 13.0. The summed E-state index contributed by atoms with van der Waals surface area (Å²) in [4.78, 5) is 14.3. The summed E-state index contributed by atoms with van der Waals surface area (Å²) < 4.78 is 25.7. The lowest BCUT2D eigenvalue weighted by atomic mass is 10.2. The van der Waals surface area contributed by atoms with E-state index in [1.54, 1.807) is 0 Å². The molecule has 1 aromatic carbocycles. The topological polar surface area (TPSA) is 62.2 Å². The smallest absolute Gasteiger partial charge is 0.354 e. The third-order valence-electron chi connectivity index (χ3n) is 2.19. The number of benzene rings is 1. The van der Waals surface area contributed by atoms with Crippen molar-refractivity contribution in [2.45, 2.75) is 0 Å². The zero-order valence-electron chi connectivity index (χ0n) is 9.02. The average molecular weight is 250 g/mol. The first kappa shape index (κ1) is 12.0. The lowest BCUT2D eigenvalue weighted by Crippen LogP contribution is -2.01. The molecule has 1 heterocycles. The van der Waals surface area contributed by atoms with E-state index in [2.05, 4.69) is 10.3 Å². The SMILES string of the molecule is O=C(O)c1cc(Nc2ccc(F)c(F)c2)ccn1. The number of rotatable bonds is 3. The van der Waals surface area contributed by atoms with Crippen LogP contribution in [-0.2, 0) is 0 Å². The van der Waals surface area contributed by atoms with E-state index in [-0.39, 0.29) is 5.69 Å². The van der Waals surface area contributed by atoms with Crippen molar-refractivity contribution in [3.05, 3.63) is 53.9 Å². The van der Waals surface area contributed by atoms with Crippen molar-refractivity contribution in [3.63, 3.8) is 0 Å². The van der Waals surface area contributed by atoms with E-state index in [1.807, 2.05) is 0 Å². The summed E-state index contributed by atoms with van der Waals surface area (Å²) in [6.45, 7) is 0. The molecule has 0 amide bonds. The Hall–Kier alpha value is -2.50. The maximum Gasteiger partial charge on any atom is 0.354 e. The fraction of sp³-hybridized carbons (Fsp3) is 0. The number of hydrogen-bond acceptors (Lipinski definition) is 3. The van der Waals surface area contributed by atoms with Gasteiger partial charge in [-0.25, -0.2) is 18.6 Å². The number of nitrogens with one attached hydrogen (secondary N) is 1. The van der Waals surface area contributed by atoms with Gasteiger partial charge in [-0.05, 0) is 24.3 Å². The van der Waals surface area contributed by atoms with Gasteiger partial charge in [0.25, 0.3) is 0 Å². The molecule has 4 nitrogen and oxygen atoms in total. The van der Waals surface area contributed by atoms with Gasteiger partial charge in [0.2, 0.25) is 0 Å². The molecule has 18 heavy (non-hydrogen) atoms. The summed E-state index contributed by atoms with van der Waals surface area (Å²) in [6.07, 6.45) is 1.31. The van der Waals surface area contributed by atoms with E-state index in [0.717, 1.165) is 12.1 Å². The predicted molar refractivity (Wildman–Crippen MR) is 60.8 cm³/mol. The maximum absolute atomic E-state index is 13.0. The van der Waals surface area contributed by atoms with Gasteiger partial charge in [-0.2, -0.15) is 0 Å². The minimum Gasteiger partial charge on any atom is -0.477 e. The highest BCUT2D eigenvalue weighted by molar-refractivity contribution is 5.86. The first-order chi connectivity index (χ1) is 8.56. The zero-order valence-corrected chi connectivity index (χ0v) is 9.02. The lowest BCUT2D eigenvalue weighted by molar-refractivity contribution is 0.0690. The molecule has 0 unspecified atom stereocenters. The van der Waals surface area contributed by atoms with Crippen molar-refractivity contribution in [1.82, 2.24) is 4.98 Å². The molecule has 6 heteroatoms. The van der Waals surface area contributed by atoms with Crippen molar-refractivity contribution in [3.8, 4) is 0 Å². The van der Waals surface area contributed by atoms with Crippen LogP contribution >= 0.6 is 0 Å². The van der Waals surface area contributed by atoms with E-state index < -0.39 is 17.6 Å². The van der Waals surface area contributed by atoms with Gasteiger partial charge in [0.15, 0.2) is 11.6 Å². The second-order valence-corrected chi connectivity index (χ2v) is 3.49. The molecule has 2 rings (SSSR count). The quantitative estimate of drug-likeness (QED) is 0.879. The van der Waals surface area contributed by atoms with Crippen LogP contribution in [0, 0.1) is 11.6 Å². The van der Waals surface area contributed by atoms with Gasteiger partial charge in [-0.3, -0.25) is 0 Å². The number of aromatic nitrogens is 1. The van der Waals surface area contributed by atoms with Gasteiger partial charge in [-0.15, -0.1) is 0 Å². The summed E-state index contributed by atoms with van der Waals surface area (Å²) >= 11 is 0. The highest BCUT2D eigenvalue weighted by atomic mass is 19.2. The van der Waals surface area contributed by atoms with Crippen LogP contribution in [0.25, 0.3) is 0 Å². The van der Waals surface area contributed by atoms with Crippen LogP contribution in [0.4, 0.5) is 20.2 Å². The number of carboxylic acid groups (broad SMARTS) is 1. The molecule has 0 atom stereocenters. The molecule has 0 aliphatic heterocycles. The number of carbonyl (C=O) groups is 1. The second kappa shape index (κ2) is 4.79. The van der Waals surface area contributed by atoms with Crippen LogP contribution in [0.1, 0.15) is 10.5 Å². The van der Waals surface area contributed by atoms with E-state index in [9.17, 15) is 13.6 Å². The van der Waals surface area contributed by atoms with Gasteiger partial charge in [-0.1, -0.05) is 0 Å². The number of nitrogens with zero attached hydrogens (tertiary/aromatic N) is 1.